The summed E-state index contributed by atoms with van der Waals surface area (Å²) in [6.45, 7) is 3.13. The molecule has 1 aliphatic heterocycles. The third kappa shape index (κ3) is 1.29. The van der Waals surface area contributed by atoms with Gasteiger partial charge in [-0.2, -0.15) is 0 Å². The lowest BCUT2D eigenvalue weighted by molar-refractivity contribution is -0.121. The number of likely N-dealkylation sites (tertiary alicyclic amines) is 1. The minimum atomic E-state index is -0.188. The number of nitrogens with zero attached hydrogens (tertiary/aromatic N) is 1. The van der Waals surface area contributed by atoms with Crippen LogP contribution in [0.3, 0.4) is 0 Å². The summed E-state index contributed by atoms with van der Waals surface area (Å²) >= 11 is 0. The van der Waals surface area contributed by atoms with Gasteiger partial charge in [-0.1, -0.05) is 6.92 Å². The Bertz CT molecular complexity index is 147. The van der Waals surface area contributed by atoms with Crippen molar-refractivity contribution >= 4 is 5.91 Å². The molecule has 2 unspecified atom stereocenters. The van der Waals surface area contributed by atoms with Crippen molar-refractivity contribution in [2.24, 2.45) is 11.7 Å². The number of likely N-dealkylation sites (N-methyl/N-ethyl adjacent to an activating group) is 1. The Morgan fingerprint density at radius 3 is 2.50 bits per heavy atom. The molecule has 0 aliphatic carbocycles. The number of amides is 1. The van der Waals surface area contributed by atoms with Crippen LogP contribution in [0.5, 0.6) is 0 Å². The van der Waals surface area contributed by atoms with E-state index >= 15 is 0 Å². The highest BCUT2D eigenvalue weighted by Crippen LogP contribution is 2.19. The lowest BCUT2D eigenvalue weighted by Crippen LogP contribution is -2.37. The largest absolute Gasteiger partial charge is 0.368 e. The minimum Gasteiger partial charge on any atom is -0.368 e. The summed E-state index contributed by atoms with van der Waals surface area (Å²) in [4.78, 5) is 12.8. The predicted molar refractivity (Wildman–Crippen MR) is 39.4 cm³/mol. The van der Waals surface area contributed by atoms with Gasteiger partial charge in [-0.15, -0.1) is 0 Å². The Hall–Kier alpha value is -0.570. The van der Waals surface area contributed by atoms with E-state index in [4.69, 9.17) is 5.73 Å². The number of nitrogens with two attached hydrogens (primary N) is 1. The molecule has 0 aromatic heterocycles. The molecule has 10 heavy (non-hydrogen) atoms. The van der Waals surface area contributed by atoms with E-state index in [1.165, 1.54) is 0 Å². The van der Waals surface area contributed by atoms with Crippen molar-refractivity contribution in [1.82, 2.24) is 4.90 Å². The summed E-state index contributed by atoms with van der Waals surface area (Å²) in [6.07, 6.45) is 0.922. The van der Waals surface area contributed by atoms with Gasteiger partial charge in [0, 0.05) is 6.54 Å². The smallest absolute Gasteiger partial charge is 0.234 e. The van der Waals surface area contributed by atoms with Crippen LogP contribution in [0.1, 0.15) is 13.3 Å². The number of rotatable bonds is 1. The van der Waals surface area contributed by atoms with E-state index in [0.29, 0.717) is 5.92 Å². The van der Waals surface area contributed by atoms with Gasteiger partial charge >= 0.3 is 0 Å². The summed E-state index contributed by atoms with van der Waals surface area (Å²) in [6, 6.07) is -0.0185. The van der Waals surface area contributed by atoms with Crippen molar-refractivity contribution < 1.29 is 4.79 Å². The Balaban J connectivity index is 2.54. The van der Waals surface area contributed by atoms with Gasteiger partial charge in [0.2, 0.25) is 5.91 Å². The molecule has 58 valence electrons. The van der Waals surface area contributed by atoms with Crippen LogP contribution in [-0.4, -0.2) is 30.4 Å². The van der Waals surface area contributed by atoms with Gasteiger partial charge in [-0.25, -0.2) is 0 Å². The summed E-state index contributed by atoms with van der Waals surface area (Å²) in [7, 11) is 1.94. The van der Waals surface area contributed by atoms with Gasteiger partial charge < -0.3 is 5.73 Å². The van der Waals surface area contributed by atoms with E-state index in [0.717, 1.165) is 13.0 Å². The van der Waals surface area contributed by atoms with E-state index in [2.05, 4.69) is 6.92 Å². The van der Waals surface area contributed by atoms with Gasteiger partial charge in [0.1, 0.15) is 0 Å². The molecular weight excluding hydrogens is 128 g/mol. The quantitative estimate of drug-likeness (QED) is 0.551. The normalized spacial score (nSPS) is 34.6. The van der Waals surface area contributed by atoms with Gasteiger partial charge in [-0.05, 0) is 19.4 Å². The van der Waals surface area contributed by atoms with Crippen LogP contribution < -0.4 is 5.73 Å². The van der Waals surface area contributed by atoms with Crippen molar-refractivity contribution in [3.63, 3.8) is 0 Å². The number of carbonyl (C=O) groups excluding carboxylic acids is 1. The topological polar surface area (TPSA) is 46.3 Å². The molecule has 3 nitrogen and oxygen atoms in total. The first-order chi connectivity index (χ1) is 4.61. The third-order valence-electron chi connectivity index (χ3n) is 2.09. The highest BCUT2D eigenvalue weighted by atomic mass is 16.1. The van der Waals surface area contributed by atoms with E-state index in [-0.39, 0.29) is 11.9 Å². The molecule has 0 aromatic rings. The van der Waals surface area contributed by atoms with Crippen LogP contribution in [0.2, 0.25) is 0 Å². The zero-order chi connectivity index (χ0) is 7.72. The van der Waals surface area contributed by atoms with Crippen LogP contribution in [0.25, 0.3) is 0 Å². The highest BCUT2D eigenvalue weighted by molar-refractivity contribution is 5.80. The molecular formula is C7H14N2O. The molecule has 0 spiro atoms. The monoisotopic (exact) mass is 142 g/mol. The number of hydrogen-bond acceptors (Lipinski definition) is 2. The molecule has 0 bridgehead atoms. The zero-order valence-electron chi connectivity index (χ0n) is 6.50. The first kappa shape index (κ1) is 7.54. The molecule has 1 aliphatic rings. The number of carbonyl (C=O) groups is 1. The Morgan fingerprint density at radius 1 is 1.70 bits per heavy atom. The molecule has 2 N–H and O–H groups in total. The maximum atomic E-state index is 10.7. The van der Waals surface area contributed by atoms with Crippen molar-refractivity contribution in [1.29, 1.82) is 0 Å². The van der Waals surface area contributed by atoms with Crippen LogP contribution in [0.4, 0.5) is 0 Å². The molecule has 2 atom stereocenters. The number of hydrogen-bond donors (Lipinski definition) is 1. The molecule has 0 aromatic carbocycles. The maximum Gasteiger partial charge on any atom is 0.234 e. The van der Waals surface area contributed by atoms with Gasteiger partial charge in [0.15, 0.2) is 0 Å². The van der Waals surface area contributed by atoms with Gasteiger partial charge in [0.25, 0.3) is 0 Å². The van der Waals surface area contributed by atoms with E-state index in [9.17, 15) is 4.79 Å². The fourth-order valence-corrected chi connectivity index (χ4v) is 1.59. The zero-order valence-corrected chi connectivity index (χ0v) is 6.50. The average molecular weight is 142 g/mol. The van der Waals surface area contributed by atoms with Crippen molar-refractivity contribution in [3.05, 3.63) is 0 Å². The Kier molecular flexibility index (Phi) is 1.94. The summed E-state index contributed by atoms with van der Waals surface area (Å²) in [5, 5.41) is 0. The SMILES string of the molecule is CC1CC(C(N)=O)N(C)C1. The average Bonchev–Trinajstić information content (AvgIpc) is 2.10. The van der Waals surface area contributed by atoms with Crippen molar-refractivity contribution in [2.45, 2.75) is 19.4 Å². The minimum absolute atomic E-state index is 0.0185. The maximum absolute atomic E-state index is 10.7. The summed E-state index contributed by atoms with van der Waals surface area (Å²) in [5.41, 5.74) is 5.17. The molecule has 0 saturated carbocycles. The van der Waals surface area contributed by atoms with Crippen LogP contribution in [0, 0.1) is 5.92 Å². The second kappa shape index (κ2) is 2.58. The van der Waals surface area contributed by atoms with E-state index in [1.807, 2.05) is 11.9 Å². The second-order valence-corrected chi connectivity index (χ2v) is 3.20. The summed E-state index contributed by atoms with van der Waals surface area (Å²) < 4.78 is 0. The summed E-state index contributed by atoms with van der Waals surface area (Å²) in [5.74, 6) is 0.425. The lowest BCUT2D eigenvalue weighted by atomic mass is 10.1. The first-order valence-corrected chi connectivity index (χ1v) is 3.61. The molecule has 1 heterocycles. The van der Waals surface area contributed by atoms with Gasteiger partial charge in [0.05, 0.1) is 6.04 Å². The molecule has 3 heteroatoms. The standard InChI is InChI=1S/C7H14N2O/c1-5-3-6(7(8)10)9(2)4-5/h5-6H,3-4H2,1-2H3,(H2,8,10). The molecule has 1 rings (SSSR count). The molecule has 1 fully saturated rings. The first-order valence-electron chi connectivity index (χ1n) is 3.61. The predicted octanol–water partition coefficient (Wildman–Crippen LogP) is -0.188. The van der Waals surface area contributed by atoms with E-state index in [1.54, 1.807) is 0 Å². The number of primary amides is 1. The lowest BCUT2D eigenvalue weighted by Gasteiger charge is -2.14. The molecule has 1 amide bonds. The fraction of sp³-hybridized carbons (Fsp3) is 0.857. The van der Waals surface area contributed by atoms with Crippen molar-refractivity contribution in [3.8, 4) is 0 Å². The molecule has 1 saturated heterocycles. The van der Waals surface area contributed by atoms with Crippen LogP contribution in [0.15, 0.2) is 0 Å². The van der Waals surface area contributed by atoms with Gasteiger partial charge in [-0.3, -0.25) is 9.69 Å². The fourth-order valence-electron chi connectivity index (χ4n) is 1.59. The molecule has 0 radical (unpaired) electrons. The Labute approximate surface area is 61.2 Å². The van der Waals surface area contributed by atoms with E-state index < -0.39 is 0 Å². The van der Waals surface area contributed by atoms with Crippen LogP contribution >= 0.6 is 0 Å². The third-order valence-corrected chi connectivity index (χ3v) is 2.09. The second-order valence-electron chi connectivity index (χ2n) is 3.20. The Morgan fingerprint density at radius 2 is 2.30 bits per heavy atom. The van der Waals surface area contributed by atoms with Crippen LogP contribution in [-0.2, 0) is 4.79 Å². The van der Waals surface area contributed by atoms with Crippen molar-refractivity contribution in [2.75, 3.05) is 13.6 Å². The highest BCUT2D eigenvalue weighted by Gasteiger charge is 2.30.